The van der Waals surface area contributed by atoms with Crippen molar-refractivity contribution in [3.05, 3.63) is 59.7 Å². The molecule has 0 spiro atoms. The van der Waals surface area contributed by atoms with E-state index >= 15 is 0 Å². The summed E-state index contributed by atoms with van der Waals surface area (Å²) in [7, 11) is 0. The molecule has 5 nitrogen and oxygen atoms in total. The Bertz CT molecular complexity index is 737. The predicted octanol–water partition coefficient (Wildman–Crippen LogP) is 3.60. The van der Waals surface area contributed by atoms with Crippen molar-refractivity contribution in [3.63, 3.8) is 0 Å². The second kappa shape index (κ2) is 9.04. The molecule has 0 atom stereocenters. The summed E-state index contributed by atoms with van der Waals surface area (Å²) in [4.78, 5) is 26.4. The van der Waals surface area contributed by atoms with E-state index in [9.17, 15) is 9.59 Å². The van der Waals surface area contributed by atoms with Crippen molar-refractivity contribution in [1.29, 1.82) is 0 Å². The Morgan fingerprint density at radius 3 is 2.15 bits per heavy atom. The molecule has 5 heteroatoms. The molecule has 0 saturated carbocycles. The molecule has 0 radical (unpaired) electrons. The lowest BCUT2D eigenvalue weighted by Crippen LogP contribution is -2.33. The van der Waals surface area contributed by atoms with Crippen LogP contribution >= 0.6 is 0 Å². The third-order valence-electron chi connectivity index (χ3n) is 4.17. The van der Waals surface area contributed by atoms with Crippen LogP contribution < -0.4 is 15.5 Å². The number of nitrogens with one attached hydrogen (secondary N) is 2. The van der Waals surface area contributed by atoms with Gasteiger partial charge in [0.05, 0.1) is 6.54 Å². The van der Waals surface area contributed by atoms with Gasteiger partial charge in [-0.05, 0) is 64.1 Å². The van der Waals surface area contributed by atoms with Gasteiger partial charge in [-0.25, -0.2) is 0 Å². The molecule has 0 bridgehead atoms. The fraction of sp³-hybridized carbons (Fsp3) is 0.333. The van der Waals surface area contributed by atoms with E-state index < -0.39 is 0 Å². The van der Waals surface area contributed by atoms with Crippen LogP contribution in [-0.2, 0) is 4.79 Å². The molecule has 2 aromatic rings. The molecule has 26 heavy (non-hydrogen) atoms. The fourth-order valence-corrected chi connectivity index (χ4v) is 2.75. The molecule has 138 valence electrons. The Balaban J connectivity index is 1.87. The highest BCUT2D eigenvalue weighted by Gasteiger charge is 2.10. The summed E-state index contributed by atoms with van der Waals surface area (Å²) >= 11 is 0. The number of amides is 2. The van der Waals surface area contributed by atoms with Crippen molar-refractivity contribution in [3.8, 4) is 0 Å². The number of benzene rings is 2. The lowest BCUT2D eigenvalue weighted by molar-refractivity contribution is -0.115. The van der Waals surface area contributed by atoms with Crippen molar-refractivity contribution in [2.45, 2.75) is 33.7 Å². The maximum absolute atomic E-state index is 12.0. The average Bonchev–Trinajstić information content (AvgIpc) is 2.62. The number of carbonyl (C=O) groups excluding carboxylic acids is 2. The van der Waals surface area contributed by atoms with Crippen LogP contribution in [0.1, 0.15) is 36.7 Å². The van der Waals surface area contributed by atoms with E-state index in [-0.39, 0.29) is 18.4 Å². The smallest absolute Gasteiger partial charge is 0.251 e. The summed E-state index contributed by atoms with van der Waals surface area (Å²) in [5.74, 6) is -0.513. The molecular weight excluding hydrogens is 326 g/mol. The third kappa shape index (κ3) is 5.34. The standard InChI is InChI=1S/C21H27N3O2/c1-5-24(15(2)3)19-12-10-18(11-13-19)23-20(25)14-22-21(26)17-8-6-16(4)7-9-17/h6-13,15H,5,14H2,1-4H3,(H,22,26)(H,23,25). The van der Waals surface area contributed by atoms with Crippen molar-refractivity contribution in [1.82, 2.24) is 5.32 Å². The topological polar surface area (TPSA) is 61.4 Å². The first kappa shape index (κ1) is 19.5. The molecule has 0 fully saturated rings. The van der Waals surface area contributed by atoms with Crippen molar-refractivity contribution < 1.29 is 9.59 Å². The van der Waals surface area contributed by atoms with E-state index in [1.807, 2.05) is 43.3 Å². The Labute approximate surface area is 155 Å². The van der Waals surface area contributed by atoms with Gasteiger partial charge in [0.25, 0.3) is 5.91 Å². The van der Waals surface area contributed by atoms with Crippen LogP contribution in [0, 0.1) is 6.92 Å². The molecule has 0 aliphatic heterocycles. The Hall–Kier alpha value is -2.82. The SMILES string of the molecule is CCN(c1ccc(NC(=O)CNC(=O)c2ccc(C)cc2)cc1)C(C)C. The second-order valence-corrected chi connectivity index (χ2v) is 6.52. The minimum Gasteiger partial charge on any atom is -0.369 e. The zero-order valence-electron chi connectivity index (χ0n) is 15.9. The molecule has 0 unspecified atom stereocenters. The highest BCUT2D eigenvalue weighted by atomic mass is 16.2. The first-order valence-corrected chi connectivity index (χ1v) is 8.92. The van der Waals surface area contributed by atoms with Gasteiger partial charge in [-0.1, -0.05) is 17.7 Å². The van der Waals surface area contributed by atoms with Gasteiger partial charge in [0, 0.05) is 29.5 Å². The zero-order chi connectivity index (χ0) is 19.1. The third-order valence-corrected chi connectivity index (χ3v) is 4.17. The summed E-state index contributed by atoms with van der Waals surface area (Å²) < 4.78 is 0. The van der Waals surface area contributed by atoms with Gasteiger partial charge in [0.15, 0.2) is 0 Å². The normalized spacial score (nSPS) is 10.5. The number of aryl methyl sites for hydroxylation is 1. The van der Waals surface area contributed by atoms with Gasteiger partial charge in [0.2, 0.25) is 5.91 Å². The lowest BCUT2D eigenvalue weighted by Gasteiger charge is -2.27. The average molecular weight is 353 g/mol. The lowest BCUT2D eigenvalue weighted by atomic mass is 10.1. The van der Waals surface area contributed by atoms with Crippen molar-refractivity contribution in [2.24, 2.45) is 0 Å². The molecule has 0 heterocycles. The quantitative estimate of drug-likeness (QED) is 0.799. The Morgan fingerprint density at radius 2 is 1.62 bits per heavy atom. The summed E-state index contributed by atoms with van der Waals surface area (Å²) in [5, 5.41) is 5.43. The van der Waals surface area contributed by atoms with Gasteiger partial charge < -0.3 is 15.5 Å². The number of hydrogen-bond donors (Lipinski definition) is 2. The molecule has 0 saturated heterocycles. The molecule has 0 aromatic heterocycles. The summed E-state index contributed by atoms with van der Waals surface area (Å²) in [6.07, 6.45) is 0. The highest BCUT2D eigenvalue weighted by molar-refractivity contribution is 5.99. The molecule has 2 amide bonds. The van der Waals surface area contributed by atoms with Crippen LogP contribution in [0.4, 0.5) is 11.4 Å². The Kier molecular flexibility index (Phi) is 6.78. The van der Waals surface area contributed by atoms with E-state index in [2.05, 4.69) is 36.3 Å². The predicted molar refractivity (Wildman–Crippen MR) is 107 cm³/mol. The van der Waals surface area contributed by atoms with Crippen LogP contribution in [0.3, 0.4) is 0 Å². The van der Waals surface area contributed by atoms with Gasteiger partial charge in [-0.15, -0.1) is 0 Å². The first-order valence-electron chi connectivity index (χ1n) is 8.92. The number of nitrogens with zero attached hydrogens (tertiary/aromatic N) is 1. The zero-order valence-corrected chi connectivity index (χ0v) is 15.9. The van der Waals surface area contributed by atoms with Crippen molar-refractivity contribution >= 4 is 23.2 Å². The molecule has 2 rings (SSSR count). The van der Waals surface area contributed by atoms with Gasteiger partial charge >= 0.3 is 0 Å². The van der Waals surface area contributed by atoms with Gasteiger partial charge in [-0.2, -0.15) is 0 Å². The molecular formula is C21H27N3O2. The first-order chi connectivity index (χ1) is 12.4. The van der Waals surface area contributed by atoms with E-state index in [1.54, 1.807) is 12.1 Å². The van der Waals surface area contributed by atoms with Crippen LogP contribution in [-0.4, -0.2) is 30.9 Å². The van der Waals surface area contributed by atoms with E-state index in [0.717, 1.165) is 17.8 Å². The molecule has 2 N–H and O–H groups in total. The van der Waals surface area contributed by atoms with Crippen molar-refractivity contribution in [2.75, 3.05) is 23.3 Å². The fourth-order valence-electron chi connectivity index (χ4n) is 2.75. The number of anilines is 2. The van der Waals surface area contributed by atoms with Crippen LogP contribution in [0.15, 0.2) is 48.5 Å². The monoisotopic (exact) mass is 353 g/mol. The highest BCUT2D eigenvalue weighted by Crippen LogP contribution is 2.19. The van der Waals surface area contributed by atoms with E-state index in [1.165, 1.54) is 0 Å². The summed E-state index contributed by atoms with van der Waals surface area (Å²) in [5.41, 5.74) is 3.46. The van der Waals surface area contributed by atoms with E-state index in [4.69, 9.17) is 0 Å². The van der Waals surface area contributed by atoms with Crippen LogP contribution in [0.2, 0.25) is 0 Å². The largest absolute Gasteiger partial charge is 0.369 e. The summed E-state index contributed by atoms with van der Waals surface area (Å²) in [6, 6.07) is 15.4. The molecule has 2 aromatic carbocycles. The van der Waals surface area contributed by atoms with Gasteiger partial charge in [-0.3, -0.25) is 9.59 Å². The second-order valence-electron chi connectivity index (χ2n) is 6.52. The van der Waals surface area contributed by atoms with Gasteiger partial charge in [0.1, 0.15) is 0 Å². The van der Waals surface area contributed by atoms with Crippen LogP contribution in [0.5, 0.6) is 0 Å². The summed E-state index contributed by atoms with van der Waals surface area (Å²) in [6.45, 7) is 9.23. The maximum Gasteiger partial charge on any atom is 0.251 e. The van der Waals surface area contributed by atoms with E-state index in [0.29, 0.717) is 17.3 Å². The Morgan fingerprint density at radius 1 is 1.00 bits per heavy atom. The molecule has 0 aliphatic carbocycles. The maximum atomic E-state index is 12.0. The number of carbonyl (C=O) groups is 2. The minimum atomic E-state index is -0.258. The number of rotatable bonds is 7. The number of hydrogen-bond acceptors (Lipinski definition) is 3. The minimum absolute atomic E-state index is 0.0679. The molecule has 0 aliphatic rings. The van der Waals surface area contributed by atoms with Crippen LogP contribution in [0.25, 0.3) is 0 Å².